The van der Waals surface area contributed by atoms with E-state index in [0.717, 1.165) is 31.8 Å². The first-order valence-electron chi connectivity index (χ1n) is 3.79. The highest BCUT2D eigenvalue weighted by Crippen LogP contribution is 2.16. The summed E-state index contributed by atoms with van der Waals surface area (Å²) in [5.74, 6) is 1.08. The van der Waals surface area contributed by atoms with Crippen LogP contribution in [0.4, 0.5) is 0 Å². The van der Waals surface area contributed by atoms with Crippen molar-refractivity contribution < 1.29 is 8.92 Å². The summed E-state index contributed by atoms with van der Waals surface area (Å²) in [6.07, 6.45) is 2.61. The Balaban J connectivity index is 2.02. The van der Waals surface area contributed by atoms with Crippen molar-refractivity contribution in [2.24, 2.45) is 0 Å². The minimum absolute atomic E-state index is 0.362. The normalized spacial score (nSPS) is 26.7. The van der Waals surface area contributed by atoms with Crippen LogP contribution in [0.25, 0.3) is 0 Å². The lowest BCUT2D eigenvalue weighted by Crippen LogP contribution is -2.23. The Morgan fingerprint density at radius 2 is 2.60 bits per heavy atom. The largest absolute Gasteiger partial charge is 0.376 e. The third kappa shape index (κ3) is 2.90. The molecular formula is C7H14O2S. The predicted octanol–water partition coefficient (Wildman–Crippen LogP) is 1.85. The summed E-state index contributed by atoms with van der Waals surface area (Å²) in [4.78, 5) is 0. The van der Waals surface area contributed by atoms with Crippen LogP contribution in [0.5, 0.6) is 0 Å². The highest BCUT2D eigenvalue weighted by molar-refractivity contribution is 7.94. The second-order valence-corrected chi connectivity index (χ2v) is 3.27. The monoisotopic (exact) mass is 162 g/mol. The number of hydrogen-bond donors (Lipinski definition) is 0. The van der Waals surface area contributed by atoms with Gasteiger partial charge in [-0.25, -0.2) is 0 Å². The van der Waals surface area contributed by atoms with E-state index in [2.05, 4.69) is 6.92 Å². The summed E-state index contributed by atoms with van der Waals surface area (Å²) in [6.45, 7) is 3.77. The van der Waals surface area contributed by atoms with Crippen LogP contribution in [-0.4, -0.2) is 25.1 Å². The Morgan fingerprint density at radius 1 is 1.70 bits per heavy atom. The predicted molar refractivity (Wildman–Crippen MR) is 43.1 cm³/mol. The van der Waals surface area contributed by atoms with Gasteiger partial charge in [-0.15, -0.1) is 0 Å². The zero-order valence-electron chi connectivity index (χ0n) is 6.34. The van der Waals surface area contributed by atoms with E-state index in [4.69, 9.17) is 8.92 Å². The van der Waals surface area contributed by atoms with Gasteiger partial charge in [0.25, 0.3) is 0 Å². The van der Waals surface area contributed by atoms with E-state index in [1.807, 2.05) is 0 Å². The van der Waals surface area contributed by atoms with Crippen LogP contribution in [0.15, 0.2) is 0 Å². The van der Waals surface area contributed by atoms with E-state index in [0.29, 0.717) is 6.10 Å². The molecular weight excluding hydrogens is 148 g/mol. The van der Waals surface area contributed by atoms with Gasteiger partial charge in [0.05, 0.1) is 12.7 Å². The molecule has 0 aromatic carbocycles. The van der Waals surface area contributed by atoms with E-state index in [1.165, 1.54) is 0 Å². The fourth-order valence-electron chi connectivity index (χ4n) is 0.862. The highest BCUT2D eigenvalue weighted by Gasteiger charge is 2.13. The van der Waals surface area contributed by atoms with Gasteiger partial charge < -0.3 is 8.92 Å². The average Bonchev–Trinajstić information content (AvgIpc) is 2.03. The Bertz CT molecular complexity index is 81.7. The van der Waals surface area contributed by atoms with Gasteiger partial charge in [-0.1, -0.05) is 6.92 Å². The van der Waals surface area contributed by atoms with Gasteiger partial charge in [-0.3, -0.25) is 0 Å². The highest BCUT2D eigenvalue weighted by atomic mass is 32.2. The second kappa shape index (κ2) is 4.99. The van der Waals surface area contributed by atoms with Crippen LogP contribution in [-0.2, 0) is 8.92 Å². The Hall–Kier alpha value is 0.270. The summed E-state index contributed by atoms with van der Waals surface area (Å²) in [5, 5.41) is 0. The van der Waals surface area contributed by atoms with Crippen LogP contribution in [0, 0.1) is 0 Å². The summed E-state index contributed by atoms with van der Waals surface area (Å²) in [7, 11) is 0. The lowest BCUT2D eigenvalue weighted by atomic mass is 10.3. The number of rotatable bonds is 3. The molecule has 1 unspecified atom stereocenters. The van der Waals surface area contributed by atoms with Gasteiger partial charge in [-0.2, -0.15) is 0 Å². The van der Waals surface area contributed by atoms with Crippen LogP contribution in [0.2, 0.25) is 0 Å². The molecule has 1 saturated heterocycles. The van der Waals surface area contributed by atoms with Gasteiger partial charge in [0, 0.05) is 12.4 Å². The molecule has 3 heteroatoms. The summed E-state index contributed by atoms with van der Waals surface area (Å²) >= 11 is 1.55. The topological polar surface area (TPSA) is 18.5 Å². The van der Waals surface area contributed by atoms with Gasteiger partial charge in [0.15, 0.2) is 0 Å². The fraction of sp³-hybridized carbons (Fsp3) is 1.00. The van der Waals surface area contributed by atoms with E-state index >= 15 is 0 Å². The maximum atomic E-state index is 5.49. The molecule has 1 aliphatic rings. The number of hydrogen-bond acceptors (Lipinski definition) is 3. The molecule has 0 bridgehead atoms. The first-order valence-corrected chi connectivity index (χ1v) is 4.70. The van der Waals surface area contributed by atoms with Crippen molar-refractivity contribution in [2.45, 2.75) is 25.9 Å². The van der Waals surface area contributed by atoms with Crippen molar-refractivity contribution in [3.63, 3.8) is 0 Å². The smallest absolute Gasteiger partial charge is 0.0876 e. The molecule has 0 aromatic heterocycles. The van der Waals surface area contributed by atoms with Gasteiger partial charge in [0.1, 0.15) is 0 Å². The minimum atomic E-state index is 0.362. The van der Waals surface area contributed by atoms with Crippen molar-refractivity contribution in [2.75, 3.05) is 19.0 Å². The van der Waals surface area contributed by atoms with Crippen molar-refractivity contribution >= 4 is 12.0 Å². The SMILES string of the molecule is CCCOC1CCSOC1. The van der Waals surface area contributed by atoms with Crippen LogP contribution in [0.1, 0.15) is 19.8 Å². The summed E-state index contributed by atoms with van der Waals surface area (Å²) in [5.41, 5.74) is 0. The van der Waals surface area contributed by atoms with Gasteiger partial charge in [0.2, 0.25) is 0 Å². The van der Waals surface area contributed by atoms with E-state index in [1.54, 1.807) is 12.0 Å². The first kappa shape index (κ1) is 8.37. The molecule has 0 N–H and O–H groups in total. The van der Waals surface area contributed by atoms with Gasteiger partial charge in [-0.05, 0) is 24.9 Å². The molecule has 0 saturated carbocycles. The van der Waals surface area contributed by atoms with Crippen molar-refractivity contribution in [1.29, 1.82) is 0 Å². The molecule has 1 atom stereocenters. The zero-order chi connectivity index (χ0) is 7.23. The van der Waals surface area contributed by atoms with Crippen LogP contribution >= 0.6 is 12.0 Å². The van der Waals surface area contributed by atoms with Crippen molar-refractivity contribution in [3.8, 4) is 0 Å². The Labute approximate surface area is 66.5 Å². The van der Waals surface area contributed by atoms with Crippen LogP contribution < -0.4 is 0 Å². The first-order chi connectivity index (χ1) is 4.93. The zero-order valence-corrected chi connectivity index (χ0v) is 7.15. The van der Waals surface area contributed by atoms with Crippen molar-refractivity contribution in [1.82, 2.24) is 0 Å². The van der Waals surface area contributed by atoms with Crippen molar-refractivity contribution in [3.05, 3.63) is 0 Å². The van der Waals surface area contributed by atoms with E-state index < -0.39 is 0 Å². The number of ether oxygens (including phenoxy) is 1. The van der Waals surface area contributed by atoms with Crippen LogP contribution in [0.3, 0.4) is 0 Å². The third-order valence-corrected chi connectivity index (χ3v) is 2.12. The lowest BCUT2D eigenvalue weighted by Gasteiger charge is -2.20. The van der Waals surface area contributed by atoms with E-state index in [-0.39, 0.29) is 0 Å². The maximum Gasteiger partial charge on any atom is 0.0876 e. The Morgan fingerprint density at radius 3 is 3.20 bits per heavy atom. The maximum absolute atomic E-state index is 5.49. The molecule has 60 valence electrons. The summed E-state index contributed by atoms with van der Waals surface area (Å²) < 4.78 is 10.7. The molecule has 0 amide bonds. The van der Waals surface area contributed by atoms with Gasteiger partial charge >= 0.3 is 0 Å². The minimum Gasteiger partial charge on any atom is -0.376 e. The second-order valence-electron chi connectivity index (χ2n) is 2.39. The lowest BCUT2D eigenvalue weighted by molar-refractivity contribution is 0.0182. The molecule has 2 nitrogen and oxygen atoms in total. The molecule has 0 radical (unpaired) electrons. The fourth-order valence-corrected chi connectivity index (χ4v) is 1.59. The summed E-state index contributed by atoms with van der Waals surface area (Å²) in [6, 6.07) is 0. The molecule has 1 heterocycles. The van der Waals surface area contributed by atoms with E-state index in [9.17, 15) is 0 Å². The molecule has 0 spiro atoms. The third-order valence-electron chi connectivity index (χ3n) is 1.42. The molecule has 0 aliphatic carbocycles. The molecule has 10 heavy (non-hydrogen) atoms. The standard InChI is InChI=1S/C7H14O2S/c1-2-4-8-7-3-5-10-9-6-7/h7H,2-6H2,1H3. The quantitative estimate of drug-likeness (QED) is 0.590. The average molecular weight is 162 g/mol. The molecule has 1 aliphatic heterocycles. The Kier molecular flexibility index (Phi) is 4.18. The molecule has 1 rings (SSSR count). The molecule has 0 aromatic rings. The molecule has 1 fully saturated rings.